The predicted molar refractivity (Wildman–Crippen MR) is 69.2 cm³/mol. The fourth-order valence-electron chi connectivity index (χ4n) is 1.43. The molecule has 17 heavy (non-hydrogen) atoms. The molecule has 0 bridgehead atoms. The maximum atomic E-state index is 5.95. The van der Waals surface area contributed by atoms with Gasteiger partial charge in [0, 0.05) is 11.1 Å². The van der Waals surface area contributed by atoms with Gasteiger partial charge >= 0.3 is 0 Å². The van der Waals surface area contributed by atoms with Crippen molar-refractivity contribution in [1.82, 2.24) is 4.98 Å². The van der Waals surface area contributed by atoms with Gasteiger partial charge in [0.25, 0.3) is 0 Å². The smallest absolute Gasteiger partial charge is 0.213 e. The zero-order valence-electron chi connectivity index (χ0n) is 9.48. The van der Waals surface area contributed by atoms with Gasteiger partial charge in [-0.15, -0.1) is 0 Å². The van der Waals surface area contributed by atoms with E-state index in [0.717, 1.165) is 16.1 Å². The van der Waals surface area contributed by atoms with E-state index in [0.29, 0.717) is 18.2 Å². The van der Waals surface area contributed by atoms with Gasteiger partial charge in [-0.1, -0.05) is 23.7 Å². The molecular weight excluding hydrogens is 236 g/mol. The Morgan fingerprint density at radius 1 is 1.29 bits per heavy atom. The van der Waals surface area contributed by atoms with Crippen molar-refractivity contribution in [1.29, 1.82) is 0 Å². The summed E-state index contributed by atoms with van der Waals surface area (Å²) in [6.07, 6.45) is 1.57. The number of halogens is 1. The monoisotopic (exact) mass is 248 g/mol. The maximum Gasteiger partial charge on any atom is 0.213 e. The number of nitrogens with two attached hydrogens (primary N) is 1. The summed E-state index contributed by atoms with van der Waals surface area (Å²) in [5, 5.41) is 0.763. The van der Waals surface area contributed by atoms with Crippen LogP contribution in [0.4, 0.5) is 5.69 Å². The van der Waals surface area contributed by atoms with Crippen molar-refractivity contribution in [2.24, 2.45) is 0 Å². The number of nitrogen functional groups attached to an aromatic ring is 1. The molecule has 0 radical (unpaired) electrons. The molecule has 0 saturated carbocycles. The lowest BCUT2D eigenvalue weighted by molar-refractivity contribution is 0.294. The SMILES string of the molecule is Cc1cc(COc2ccc(N)cn2)ccc1Cl. The Morgan fingerprint density at radius 3 is 2.76 bits per heavy atom. The van der Waals surface area contributed by atoms with Crippen molar-refractivity contribution >= 4 is 17.3 Å². The maximum absolute atomic E-state index is 5.95. The number of aromatic nitrogens is 1. The highest BCUT2D eigenvalue weighted by Crippen LogP contribution is 2.17. The van der Waals surface area contributed by atoms with Crippen molar-refractivity contribution in [3.05, 3.63) is 52.7 Å². The van der Waals surface area contributed by atoms with Crippen LogP contribution in [0.1, 0.15) is 11.1 Å². The van der Waals surface area contributed by atoms with Gasteiger partial charge in [-0.3, -0.25) is 0 Å². The molecule has 1 heterocycles. The molecule has 3 nitrogen and oxygen atoms in total. The first-order chi connectivity index (χ1) is 8.15. The number of rotatable bonds is 3. The highest BCUT2D eigenvalue weighted by Gasteiger charge is 2.00. The third kappa shape index (κ3) is 3.11. The molecule has 4 heteroatoms. The first kappa shape index (κ1) is 11.7. The van der Waals surface area contributed by atoms with Crippen LogP contribution >= 0.6 is 11.6 Å². The Bertz CT molecular complexity index is 511. The number of ether oxygens (including phenoxy) is 1. The molecule has 0 fully saturated rings. The highest BCUT2D eigenvalue weighted by molar-refractivity contribution is 6.31. The minimum absolute atomic E-state index is 0.467. The summed E-state index contributed by atoms with van der Waals surface area (Å²) >= 11 is 5.95. The minimum Gasteiger partial charge on any atom is -0.473 e. The van der Waals surface area contributed by atoms with Crippen molar-refractivity contribution in [3.63, 3.8) is 0 Å². The zero-order valence-corrected chi connectivity index (χ0v) is 10.2. The molecule has 0 spiro atoms. The summed E-state index contributed by atoms with van der Waals surface area (Å²) in [6, 6.07) is 9.31. The number of hydrogen-bond donors (Lipinski definition) is 1. The van der Waals surface area contributed by atoms with Crippen LogP contribution in [0.15, 0.2) is 36.5 Å². The van der Waals surface area contributed by atoms with E-state index in [1.54, 1.807) is 18.3 Å². The van der Waals surface area contributed by atoms with Crippen molar-refractivity contribution < 1.29 is 4.74 Å². The molecule has 1 aromatic carbocycles. The Hall–Kier alpha value is -1.74. The molecule has 0 unspecified atom stereocenters. The number of anilines is 1. The molecule has 2 N–H and O–H groups in total. The third-order valence-corrected chi connectivity index (χ3v) is 2.79. The highest BCUT2D eigenvalue weighted by atomic mass is 35.5. The normalized spacial score (nSPS) is 10.2. The van der Waals surface area contributed by atoms with Gasteiger partial charge in [-0.2, -0.15) is 0 Å². The molecule has 0 saturated heterocycles. The van der Waals surface area contributed by atoms with E-state index in [4.69, 9.17) is 22.1 Å². The molecule has 0 atom stereocenters. The summed E-state index contributed by atoms with van der Waals surface area (Å²) in [5.74, 6) is 0.562. The lowest BCUT2D eigenvalue weighted by atomic mass is 10.1. The molecular formula is C13H13ClN2O. The number of aryl methyl sites for hydroxylation is 1. The van der Waals surface area contributed by atoms with Gasteiger partial charge in [0.15, 0.2) is 0 Å². The summed E-state index contributed by atoms with van der Waals surface area (Å²) in [5.41, 5.74) is 8.26. The van der Waals surface area contributed by atoms with Crippen LogP contribution in [0.2, 0.25) is 5.02 Å². The summed E-state index contributed by atoms with van der Waals surface area (Å²) in [4.78, 5) is 4.06. The Morgan fingerprint density at radius 2 is 2.12 bits per heavy atom. The Labute approximate surface area is 105 Å². The molecule has 0 aliphatic carbocycles. The summed E-state index contributed by atoms with van der Waals surface area (Å²) in [6.45, 7) is 2.43. The molecule has 2 rings (SSSR count). The fourth-order valence-corrected chi connectivity index (χ4v) is 1.55. The van der Waals surface area contributed by atoms with E-state index in [1.807, 2.05) is 25.1 Å². The van der Waals surface area contributed by atoms with Crippen LogP contribution in [-0.4, -0.2) is 4.98 Å². The van der Waals surface area contributed by atoms with E-state index in [-0.39, 0.29) is 0 Å². The lowest BCUT2D eigenvalue weighted by Crippen LogP contribution is -1.98. The van der Waals surface area contributed by atoms with Gasteiger partial charge in [0.1, 0.15) is 6.61 Å². The van der Waals surface area contributed by atoms with Crippen molar-refractivity contribution in [2.75, 3.05) is 5.73 Å². The van der Waals surface area contributed by atoms with E-state index >= 15 is 0 Å². The standard InChI is InChI=1S/C13H13ClN2O/c1-9-6-10(2-4-12(9)14)8-17-13-5-3-11(15)7-16-13/h2-7H,8,15H2,1H3. The largest absolute Gasteiger partial charge is 0.473 e. The van der Waals surface area contributed by atoms with Gasteiger partial charge in [0.2, 0.25) is 5.88 Å². The molecule has 0 aliphatic heterocycles. The number of pyridine rings is 1. The second kappa shape index (κ2) is 5.06. The third-order valence-electron chi connectivity index (χ3n) is 2.37. The molecule has 0 amide bonds. The zero-order chi connectivity index (χ0) is 12.3. The number of hydrogen-bond acceptors (Lipinski definition) is 3. The van der Waals surface area contributed by atoms with Crippen LogP contribution < -0.4 is 10.5 Å². The van der Waals surface area contributed by atoms with Crippen LogP contribution in [0, 0.1) is 6.92 Å². The molecule has 88 valence electrons. The van der Waals surface area contributed by atoms with Crippen LogP contribution in [-0.2, 0) is 6.61 Å². The molecule has 2 aromatic rings. The minimum atomic E-state index is 0.467. The molecule has 0 aliphatic rings. The summed E-state index contributed by atoms with van der Waals surface area (Å²) < 4.78 is 5.53. The topological polar surface area (TPSA) is 48.1 Å². The predicted octanol–water partition coefficient (Wildman–Crippen LogP) is 3.20. The van der Waals surface area contributed by atoms with E-state index in [2.05, 4.69) is 4.98 Å². The van der Waals surface area contributed by atoms with Crippen molar-refractivity contribution in [2.45, 2.75) is 13.5 Å². The first-order valence-electron chi connectivity index (χ1n) is 5.24. The van der Waals surface area contributed by atoms with Crippen LogP contribution in [0.25, 0.3) is 0 Å². The van der Waals surface area contributed by atoms with Crippen LogP contribution in [0.3, 0.4) is 0 Å². The van der Waals surface area contributed by atoms with E-state index in [9.17, 15) is 0 Å². The quantitative estimate of drug-likeness (QED) is 0.907. The number of nitrogens with zero attached hydrogens (tertiary/aromatic N) is 1. The van der Waals surface area contributed by atoms with Gasteiger partial charge in [-0.25, -0.2) is 4.98 Å². The lowest BCUT2D eigenvalue weighted by Gasteiger charge is -2.06. The Kier molecular flexibility index (Phi) is 3.49. The van der Waals surface area contributed by atoms with Crippen LogP contribution in [0.5, 0.6) is 5.88 Å². The molecule has 1 aromatic heterocycles. The van der Waals surface area contributed by atoms with E-state index in [1.165, 1.54) is 0 Å². The van der Waals surface area contributed by atoms with Gasteiger partial charge in [-0.05, 0) is 30.2 Å². The average Bonchev–Trinajstić information content (AvgIpc) is 2.33. The summed E-state index contributed by atoms with van der Waals surface area (Å²) in [7, 11) is 0. The van der Waals surface area contributed by atoms with Gasteiger partial charge < -0.3 is 10.5 Å². The fraction of sp³-hybridized carbons (Fsp3) is 0.154. The van der Waals surface area contributed by atoms with Crippen molar-refractivity contribution in [3.8, 4) is 5.88 Å². The Balaban J connectivity index is 2.02. The number of benzene rings is 1. The van der Waals surface area contributed by atoms with Gasteiger partial charge in [0.05, 0.1) is 11.9 Å². The second-order valence-electron chi connectivity index (χ2n) is 3.80. The average molecular weight is 249 g/mol. The van der Waals surface area contributed by atoms with E-state index < -0.39 is 0 Å². The first-order valence-corrected chi connectivity index (χ1v) is 5.62. The second-order valence-corrected chi connectivity index (χ2v) is 4.21.